The molecule has 2 rings (SSSR count). The summed E-state index contributed by atoms with van der Waals surface area (Å²) in [7, 11) is -1.98. The van der Waals surface area contributed by atoms with Crippen LogP contribution in [-0.4, -0.2) is 25.8 Å². The number of phenolic OH excluding ortho intramolecular Hbond substituents is 1. The molecule has 0 bridgehead atoms. The maximum absolute atomic E-state index is 11.6. The highest BCUT2D eigenvalue weighted by Crippen LogP contribution is 2.41. The number of carbonyl (C=O) groups is 1. The lowest BCUT2D eigenvalue weighted by molar-refractivity contribution is -0.114. The summed E-state index contributed by atoms with van der Waals surface area (Å²) in [6, 6.07) is 3.50. The molecule has 4 nitrogen and oxygen atoms in total. The maximum atomic E-state index is 11.6. The summed E-state index contributed by atoms with van der Waals surface area (Å²) in [5.41, 5.74) is 8.50. The Balaban J connectivity index is 2.44. The Bertz CT molecular complexity index is 644. The van der Waals surface area contributed by atoms with E-state index < -0.39 is 8.32 Å². The Kier molecular flexibility index (Phi) is 4.85. The van der Waals surface area contributed by atoms with Crippen molar-refractivity contribution in [2.45, 2.75) is 51.4 Å². The number of hydrogen-bond donors (Lipinski definition) is 2. The highest BCUT2D eigenvalue weighted by molar-refractivity contribution is 6.74. The first-order chi connectivity index (χ1) is 10.6. The zero-order valence-corrected chi connectivity index (χ0v) is 15.6. The summed E-state index contributed by atoms with van der Waals surface area (Å²) in [4.78, 5) is 11.6. The molecule has 0 heterocycles. The van der Waals surface area contributed by atoms with E-state index in [1.807, 2.05) is 6.07 Å². The predicted octanol–water partition coefficient (Wildman–Crippen LogP) is 3.55. The first-order valence-corrected chi connectivity index (χ1v) is 10.9. The fourth-order valence-corrected chi connectivity index (χ4v) is 3.80. The van der Waals surface area contributed by atoms with Crippen molar-refractivity contribution in [1.82, 2.24) is 0 Å². The molecular weight excluding hydrogens is 306 g/mol. The first kappa shape index (κ1) is 17.9. The van der Waals surface area contributed by atoms with Gasteiger partial charge in [0.2, 0.25) is 0 Å². The van der Waals surface area contributed by atoms with Gasteiger partial charge in [0.05, 0.1) is 6.10 Å². The fraction of sp³-hybridized carbons (Fsp3) is 0.500. The lowest BCUT2D eigenvalue weighted by atomic mass is 9.89. The third-order valence-electron chi connectivity index (χ3n) is 4.96. The summed E-state index contributed by atoms with van der Waals surface area (Å²) in [6.45, 7) is 11.3. The number of ketones is 1. The Labute approximate surface area is 139 Å². The van der Waals surface area contributed by atoms with E-state index in [0.29, 0.717) is 12.1 Å². The zero-order valence-electron chi connectivity index (χ0n) is 14.6. The number of carbonyl (C=O) groups excluding carboxylic acids is 1. The van der Waals surface area contributed by atoms with Crippen LogP contribution in [0.25, 0.3) is 6.08 Å². The third kappa shape index (κ3) is 3.57. The van der Waals surface area contributed by atoms with E-state index in [1.54, 1.807) is 18.2 Å². The monoisotopic (exact) mass is 333 g/mol. The van der Waals surface area contributed by atoms with Crippen LogP contribution >= 0.6 is 0 Å². The van der Waals surface area contributed by atoms with Crippen molar-refractivity contribution in [3.8, 4) is 5.75 Å². The fourth-order valence-electron chi connectivity index (χ4n) is 2.52. The van der Waals surface area contributed by atoms with Crippen molar-refractivity contribution in [2.75, 3.05) is 6.54 Å². The quantitative estimate of drug-likeness (QED) is 0.827. The minimum atomic E-state index is -1.98. The second-order valence-electron chi connectivity index (χ2n) is 7.65. The van der Waals surface area contributed by atoms with Crippen LogP contribution in [0.2, 0.25) is 18.1 Å². The number of nitrogens with two attached hydrogens (primary N) is 1. The summed E-state index contributed by atoms with van der Waals surface area (Å²) < 4.78 is 6.48. The molecule has 0 saturated heterocycles. The van der Waals surface area contributed by atoms with Crippen molar-refractivity contribution in [3.05, 3.63) is 34.9 Å². The van der Waals surface area contributed by atoms with Crippen LogP contribution in [0, 0.1) is 0 Å². The van der Waals surface area contributed by atoms with Gasteiger partial charge < -0.3 is 15.3 Å². The van der Waals surface area contributed by atoms with E-state index in [0.717, 1.165) is 11.1 Å². The number of allylic oxidation sites excluding steroid dienone is 1. The van der Waals surface area contributed by atoms with Crippen molar-refractivity contribution in [1.29, 1.82) is 0 Å². The predicted molar refractivity (Wildman–Crippen MR) is 95.9 cm³/mol. The Morgan fingerprint density at radius 3 is 2.52 bits per heavy atom. The number of aromatic hydroxyl groups is 1. The molecule has 23 heavy (non-hydrogen) atoms. The molecule has 1 aliphatic rings. The molecule has 1 aromatic rings. The van der Waals surface area contributed by atoms with Gasteiger partial charge in [0.15, 0.2) is 14.1 Å². The van der Waals surface area contributed by atoms with Gasteiger partial charge in [-0.15, -0.1) is 0 Å². The van der Waals surface area contributed by atoms with Gasteiger partial charge in [-0.05, 0) is 41.4 Å². The van der Waals surface area contributed by atoms with Crippen LogP contribution < -0.4 is 5.73 Å². The summed E-state index contributed by atoms with van der Waals surface area (Å²) in [5.74, 6) is 0.157. The number of phenols is 1. The molecular formula is C18H27NO3Si. The highest BCUT2D eigenvalue weighted by atomic mass is 28.4. The smallest absolute Gasteiger partial charge is 0.192 e. The second kappa shape index (κ2) is 6.22. The highest BCUT2D eigenvalue weighted by Gasteiger charge is 2.39. The topological polar surface area (TPSA) is 72.6 Å². The lowest BCUT2D eigenvalue weighted by Gasteiger charge is -2.39. The van der Waals surface area contributed by atoms with Crippen LogP contribution in [-0.2, 0) is 15.6 Å². The number of fused-ring (bicyclic) bond motifs is 1. The molecule has 0 unspecified atom stereocenters. The standard InChI is InChI=1S/C18H27NO3Si/c1-18(2,3)23(4,5)22-17(11-19)14-8-9-16(21)15-10-12(20)6-7-13(14)15/h6-9,17,21H,10-11,19H2,1-5H3/t17-/m0/s1. The zero-order chi connectivity index (χ0) is 17.4. The SMILES string of the molecule is CC(C)(C)[Si](C)(C)O[C@@H](CN)c1ccc(O)c2c1C=CC(=O)C2. The van der Waals surface area contributed by atoms with Gasteiger partial charge in [-0.1, -0.05) is 32.9 Å². The molecule has 5 heteroatoms. The molecule has 0 aliphatic heterocycles. The molecule has 0 aromatic heterocycles. The number of benzene rings is 1. The minimum absolute atomic E-state index is 0.000404. The molecule has 1 aromatic carbocycles. The first-order valence-electron chi connectivity index (χ1n) is 8.00. The van der Waals surface area contributed by atoms with Crippen molar-refractivity contribution in [3.63, 3.8) is 0 Å². The van der Waals surface area contributed by atoms with Gasteiger partial charge in [-0.3, -0.25) is 4.79 Å². The van der Waals surface area contributed by atoms with Crippen LogP contribution in [0.5, 0.6) is 5.75 Å². The van der Waals surface area contributed by atoms with E-state index >= 15 is 0 Å². The average molecular weight is 334 g/mol. The molecule has 1 atom stereocenters. The Morgan fingerprint density at radius 1 is 1.30 bits per heavy atom. The van der Waals surface area contributed by atoms with Crippen molar-refractivity contribution in [2.24, 2.45) is 5.73 Å². The van der Waals surface area contributed by atoms with Crippen molar-refractivity contribution < 1.29 is 14.3 Å². The maximum Gasteiger partial charge on any atom is 0.192 e. The summed E-state index contributed by atoms with van der Waals surface area (Å²) >= 11 is 0. The van der Waals surface area contributed by atoms with Crippen LogP contribution in [0.1, 0.15) is 43.6 Å². The molecule has 0 spiro atoms. The molecule has 0 fully saturated rings. The molecule has 126 valence electrons. The van der Waals surface area contributed by atoms with E-state index in [9.17, 15) is 9.90 Å². The van der Waals surface area contributed by atoms with Crippen LogP contribution in [0.15, 0.2) is 18.2 Å². The van der Waals surface area contributed by atoms with Gasteiger partial charge in [-0.2, -0.15) is 0 Å². The number of rotatable bonds is 4. The summed E-state index contributed by atoms with van der Waals surface area (Å²) in [6.07, 6.45) is 3.32. The largest absolute Gasteiger partial charge is 0.508 e. The lowest BCUT2D eigenvalue weighted by Crippen LogP contribution is -2.43. The molecule has 3 N–H and O–H groups in total. The molecule has 0 saturated carbocycles. The van der Waals surface area contributed by atoms with Crippen LogP contribution in [0.3, 0.4) is 0 Å². The van der Waals surface area contributed by atoms with E-state index in [4.69, 9.17) is 10.2 Å². The summed E-state index contributed by atoms with van der Waals surface area (Å²) in [5, 5.41) is 10.2. The van der Waals surface area contributed by atoms with E-state index in [1.165, 1.54) is 0 Å². The van der Waals surface area contributed by atoms with Gasteiger partial charge in [0.1, 0.15) is 5.75 Å². The Hall–Kier alpha value is -1.43. The Morgan fingerprint density at radius 2 is 1.96 bits per heavy atom. The second-order valence-corrected chi connectivity index (χ2v) is 12.4. The molecule has 0 radical (unpaired) electrons. The normalized spacial score (nSPS) is 16.3. The minimum Gasteiger partial charge on any atom is -0.508 e. The van der Waals surface area contributed by atoms with Gasteiger partial charge in [0, 0.05) is 18.5 Å². The average Bonchev–Trinajstić information content (AvgIpc) is 2.45. The van der Waals surface area contributed by atoms with E-state index in [2.05, 4.69) is 33.9 Å². The van der Waals surface area contributed by atoms with Gasteiger partial charge in [0.25, 0.3) is 0 Å². The third-order valence-corrected chi connectivity index (χ3v) is 9.44. The molecule has 1 aliphatic carbocycles. The van der Waals surface area contributed by atoms with Crippen molar-refractivity contribution >= 4 is 20.2 Å². The molecule has 0 amide bonds. The van der Waals surface area contributed by atoms with Gasteiger partial charge in [-0.25, -0.2) is 0 Å². The van der Waals surface area contributed by atoms with Crippen LogP contribution in [0.4, 0.5) is 0 Å². The number of hydrogen-bond acceptors (Lipinski definition) is 4. The van der Waals surface area contributed by atoms with Gasteiger partial charge >= 0.3 is 0 Å². The van der Waals surface area contributed by atoms with E-state index in [-0.39, 0.29) is 29.1 Å².